The molecule has 1 unspecified atom stereocenters. The van der Waals surface area contributed by atoms with Gasteiger partial charge in [0.15, 0.2) is 0 Å². The molecule has 2 heterocycles. The van der Waals surface area contributed by atoms with Gasteiger partial charge >= 0.3 is 4.87 Å². The van der Waals surface area contributed by atoms with E-state index in [2.05, 4.69) is 10.6 Å². The number of halogens is 1. The van der Waals surface area contributed by atoms with Crippen molar-refractivity contribution >= 4 is 29.7 Å². The summed E-state index contributed by atoms with van der Waals surface area (Å²) in [6.45, 7) is 5.30. The van der Waals surface area contributed by atoms with Crippen LogP contribution in [0.25, 0.3) is 0 Å². The Labute approximate surface area is 135 Å². The van der Waals surface area contributed by atoms with Gasteiger partial charge in [0, 0.05) is 30.6 Å². The SMILES string of the molecule is Cc1csc(=O)n1CCC(=O)NCCC1CCCNC1.Cl. The van der Waals surface area contributed by atoms with Crippen LogP contribution in [0.15, 0.2) is 10.2 Å². The topological polar surface area (TPSA) is 63.1 Å². The first kappa shape index (κ1) is 18.2. The molecule has 1 fully saturated rings. The Morgan fingerprint density at radius 3 is 3.00 bits per heavy atom. The van der Waals surface area contributed by atoms with Gasteiger partial charge in [0.25, 0.3) is 0 Å². The first-order chi connectivity index (χ1) is 9.66. The maximum Gasteiger partial charge on any atom is 0.307 e. The van der Waals surface area contributed by atoms with E-state index in [0.29, 0.717) is 18.9 Å². The molecule has 0 aliphatic carbocycles. The Hall–Kier alpha value is -0.850. The van der Waals surface area contributed by atoms with E-state index in [1.54, 1.807) is 4.57 Å². The van der Waals surface area contributed by atoms with E-state index in [-0.39, 0.29) is 23.2 Å². The molecule has 2 N–H and O–H groups in total. The molecule has 0 radical (unpaired) electrons. The van der Waals surface area contributed by atoms with Crippen LogP contribution in [0.3, 0.4) is 0 Å². The molecule has 21 heavy (non-hydrogen) atoms. The van der Waals surface area contributed by atoms with Crippen LogP contribution in [-0.2, 0) is 11.3 Å². The number of piperidine rings is 1. The van der Waals surface area contributed by atoms with Crippen molar-refractivity contribution in [2.75, 3.05) is 19.6 Å². The minimum absolute atomic E-state index is 0. The summed E-state index contributed by atoms with van der Waals surface area (Å²) in [6.07, 6.45) is 3.90. The summed E-state index contributed by atoms with van der Waals surface area (Å²) >= 11 is 1.19. The molecule has 7 heteroatoms. The fourth-order valence-corrected chi connectivity index (χ4v) is 3.32. The number of aromatic nitrogens is 1. The van der Waals surface area contributed by atoms with Gasteiger partial charge in [0.2, 0.25) is 5.91 Å². The molecule has 1 atom stereocenters. The second-order valence-corrected chi connectivity index (χ2v) is 6.22. The number of carbonyl (C=O) groups excluding carboxylic acids is 1. The van der Waals surface area contributed by atoms with Crippen LogP contribution in [0, 0.1) is 12.8 Å². The van der Waals surface area contributed by atoms with Crippen LogP contribution in [0.1, 0.15) is 31.4 Å². The van der Waals surface area contributed by atoms with Gasteiger partial charge in [-0.3, -0.25) is 9.59 Å². The molecule has 1 aromatic rings. The highest BCUT2D eigenvalue weighted by molar-refractivity contribution is 7.07. The standard InChI is InChI=1S/C14H23N3O2S.ClH/c1-11-10-20-14(19)17(11)8-5-13(18)16-7-4-12-3-2-6-15-9-12;/h10,12,15H,2-9H2,1H3,(H,16,18);1H. The molecule has 0 bridgehead atoms. The van der Waals surface area contributed by atoms with E-state index in [1.165, 1.54) is 24.2 Å². The van der Waals surface area contributed by atoms with Crippen molar-refractivity contribution in [1.29, 1.82) is 0 Å². The summed E-state index contributed by atoms with van der Waals surface area (Å²) in [7, 11) is 0. The summed E-state index contributed by atoms with van der Waals surface area (Å²) in [5.74, 6) is 0.719. The number of aryl methyl sites for hydroxylation is 1. The van der Waals surface area contributed by atoms with Crippen molar-refractivity contribution in [3.8, 4) is 0 Å². The zero-order chi connectivity index (χ0) is 14.4. The highest BCUT2D eigenvalue weighted by atomic mass is 35.5. The van der Waals surface area contributed by atoms with Gasteiger partial charge in [-0.05, 0) is 45.2 Å². The lowest BCUT2D eigenvalue weighted by Gasteiger charge is -2.22. The first-order valence-electron chi connectivity index (χ1n) is 7.29. The third-order valence-corrected chi connectivity index (χ3v) is 4.69. The van der Waals surface area contributed by atoms with E-state index in [4.69, 9.17) is 0 Å². The van der Waals surface area contributed by atoms with E-state index < -0.39 is 0 Å². The Bertz CT molecular complexity index is 495. The highest BCUT2D eigenvalue weighted by Crippen LogP contribution is 2.12. The number of thiazole rings is 1. The molecule has 120 valence electrons. The third-order valence-electron chi connectivity index (χ3n) is 3.81. The number of carbonyl (C=O) groups is 1. The maximum absolute atomic E-state index is 11.8. The van der Waals surface area contributed by atoms with Crippen molar-refractivity contribution in [3.05, 3.63) is 20.7 Å². The zero-order valence-corrected chi connectivity index (χ0v) is 14.0. The van der Waals surface area contributed by atoms with Crippen LogP contribution in [-0.4, -0.2) is 30.1 Å². The first-order valence-corrected chi connectivity index (χ1v) is 8.17. The average molecular weight is 334 g/mol. The second-order valence-electron chi connectivity index (χ2n) is 5.40. The number of nitrogens with one attached hydrogen (secondary N) is 2. The average Bonchev–Trinajstić information content (AvgIpc) is 2.77. The van der Waals surface area contributed by atoms with Crippen LogP contribution in [0.2, 0.25) is 0 Å². The van der Waals surface area contributed by atoms with Crippen LogP contribution >= 0.6 is 23.7 Å². The van der Waals surface area contributed by atoms with Crippen molar-refractivity contribution in [1.82, 2.24) is 15.2 Å². The Morgan fingerprint density at radius 2 is 2.38 bits per heavy atom. The van der Waals surface area contributed by atoms with Gasteiger partial charge in [-0.25, -0.2) is 0 Å². The van der Waals surface area contributed by atoms with E-state index >= 15 is 0 Å². The lowest BCUT2D eigenvalue weighted by atomic mass is 9.96. The molecule has 1 aliphatic rings. The molecule has 1 amide bonds. The molecule has 0 aromatic carbocycles. The largest absolute Gasteiger partial charge is 0.356 e. The van der Waals surface area contributed by atoms with Crippen LogP contribution in [0.5, 0.6) is 0 Å². The molecule has 1 aliphatic heterocycles. The van der Waals surface area contributed by atoms with Gasteiger partial charge in [-0.15, -0.1) is 12.4 Å². The van der Waals surface area contributed by atoms with E-state index in [0.717, 1.165) is 31.7 Å². The molecule has 0 saturated carbocycles. The highest BCUT2D eigenvalue weighted by Gasteiger charge is 2.13. The summed E-state index contributed by atoms with van der Waals surface area (Å²) in [6, 6.07) is 0. The zero-order valence-electron chi connectivity index (χ0n) is 12.4. The summed E-state index contributed by atoms with van der Waals surface area (Å²) < 4.78 is 1.66. The minimum atomic E-state index is 0. The van der Waals surface area contributed by atoms with Gasteiger partial charge in [-0.2, -0.15) is 0 Å². The van der Waals surface area contributed by atoms with Crippen molar-refractivity contribution < 1.29 is 4.79 Å². The third kappa shape index (κ3) is 5.80. The van der Waals surface area contributed by atoms with Gasteiger partial charge in [0.05, 0.1) is 0 Å². The smallest absolute Gasteiger partial charge is 0.307 e. The second kappa shape index (κ2) is 9.23. The summed E-state index contributed by atoms with van der Waals surface area (Å²) in [5.41, 5.74) is 0.932. The molecule has 0 spiro atoms. The van der Waals surface area contributed by atoms with Gasteiger partial charge in [-0.1, -0.05) is 11.3 Å². The normalized spacial score (nSPS) is 18.0. The Morgan fingerprint density at radius 1 is 1.57 bits per heavy atom. The molecule has 5 nitrogen and oxygen atoms in total. The number of hydrogen-bond donors (Lipinski definition) is 2. The minimum Gasteiger partial charge on any atom is -0.356 e. The predicted molar refractivity (Wildman–Crippen MR) is 88.4 cm³/mol. The Kier molecular flexibility index (Phi) is 8.00. The van der Waals surface area contributed by atoms with Gasteiger partial charge in [0.1, 0.15) is 0 Å². The summed E-state index contributed by atoms with van der Waals surface area (Å²) in [5, 5.41) is 8.16. The molecule has 1 saturated heterocycles. The summed E-state index contributed by atoms with van der Waals surface area (Å²) in [4.78, 5) is 23.3. The maximum atomic E-state index is 11.8. The van der Waals surface area contributed by atoms with E-state index in [9.17, 15) is 9.59 Å². The monoisotopic (exact) mass is 333 g/mol. The fourth-order valence-electron chi connectivity index (χ4n) is 2.56. The molecular weight excluding hydrogens is 310 g/mol. The predicted octanol–water partition coefficient (Wildman–Crippen LogP) is 1.54. The lowest BCUT2D eigenvalue weighted by Crippen LogP contribution is -2.33. The molecule has 2 rings (SSSR count). The number of nitrogens with zero attached hydrogens (tertiary/aromatic N) is 1. The fraction of sp³-hybridized carbons (Fsp3) is 0.714. The Balaban J connectivity index is 0.00000220. The molecular formula is C14H24ClN3O2S. The quantitative estimate of drug-likeness (QED) is 0.830. The molecule has 1 aromatic heterocycles. The van der Waals surface area contributed by atoms with Crippen LogP contribution in [0.4, 0.5) is 0 Å². The number of amides is 1. The number of rotatable bonds is 6. The van der Waals surface area contributed by atoms with Crippen molar-refractivity contribution in [2.24, 2.45) is 5.92 Å². The van der Waals surface area contributed by atoms with Crippen LogP contribution < -0.4 is 15.5 Å². The van der Waals surface area contributed by atoms with E-state index in [1.807, 2.05) is 12.3 Å². The van der Waals surface area contributed by atoms with Crippen molar-refractivity contribution in [3.63, 3.8) is 0 Å². The van der Waals surface area contributed by atoms with Gasteiger partial charge < -0.3 is 15.2 Å². The lowest BCUT2D eigenvalue weighted by molar-refractivity contribution is -0.121. The number of hydrogen-bond acceptors (Lipinski definition) is 4. The van der Waals surface area contributed by atoms with Crippen molar-refractivity contribution in [2.45, 2.75) is 39.2 Å².